The molecule has 33 heavy (non-hydrogen) atoms. The van der Waals surface area contributed by atoms with Gasteiger partial charge in [0.05, 0.1) is 0 Å². The third kappa shape index (κ3) is 6.15. The molecule has 2 saturated carbocycles. The number of carbonyl (C=O) groups is 1. The Balaban J connectivity index is 0.00000193. The summed E-state index contributed by atoms with van der Waals surface area (Å²) in [5, 5.41) is 21.0. The van der Waals surface area contributed by atoms with E-state index in [0.29, 0.717) is 13.0 Å². The fraction of sp³-hybridized carbons (Fsp3) is 0.577. The molecule has 2 fully saturated rings. The van der Waals surface area contributed by atoms with Gasteiger partial charge in [0.2, 0.25) is 0 Å². The molecule has 4 nitrogen and oxygen atoms in total. The van der Waals surface area contributed by atoms with Crippen LogP contribution in [0.15, 0.2) is 54.1 Å². The normalized spacial score (nSPS) is 34.3. The number of cyclic esters (lactones) is 1. The van der Waals surface area contributed by atoms with Crippen LogP contribution in [0, 0.1) is 111 Å². The van der Waals surface area contributed by atoms with Crippen molar-refractivity contribution in [3.63, 3.8) is 0 Å². The Labute approximate surface area is 276 Å². The molecule has 3 unspecified atom stereocenters. The minimum atomic E-state index is -0.489. The molecule has 7 heteroatoms. The van der Waals surface area contributed by atoms with Crippen LogP contribution >= 0.6 is 0 Å². The van der Waals surface area contributed by atoms with Gasteiger partial charge in [0.1, 0.15) is 0 Å². The molecule has 2 radical (unpaired) electrons. The number of allylic oxidation sites excluding steroid dienone is 1. The number of aliphatic hydroxyl groups excluding tert-OH is 2. The summed E-state index contributed by atoms with van der Waals surface area (Å²) < 4.78 is 6.57. The fourth-order valence-electron chi connectivity index (χ4n) is 6.39. The summed E-state index contributed by atoms with van der Waals surface area (Å²) in [6, 6.07) is 10.4. The molecule has 2 aliphatic carbocycles. The molecular weight excluding hydrogens is 909 g/mol. The van der Waals surface area contributed by atoms with Crippen molar-refractivity contribution in [3.05, 3.63) is 54.1 Å². The van der Waals surface area contributed by atoms with Gasteiger partial charge in [0, 0.05) is 88.1 Å². The summed E-state index contributed by atoms with van der Waals surface area (Å²) in [5.74, 6) is 0.318. The number of esters is 1. The van der Waals surface area contributed by atoms with Crippen molar-refractivity contribution in [1.82, 2.24) is 0 Å². The van der Waals surface area contributed by atoms with Crippen LogP contribution in [0.2, 0.25) is 4.82 Å². The van der Waals surface area contributed by atoms with Crippen LogP contribution in [0.25, 0.3) is 0 Å². The van der Waals surface area contributed by atoms with Crippen molar-refractivity contribution in [2.24, 2.45) is 22.7 Å². The number of carbonyl (C=O) groups excluding carboxylic acids is 1. The molecule has 1 aliphatic heterocycles. The first-order chi connectivity index (χ1) is 14.8. The van der Waals surface area contributed by atoms with Crippen molar-refractivity contribution in [2.45, 2.75) is 56.9 Å². The van der Waals surface area contributed by atoms with Crippen molar-refractivity contribution in [2.75, 3.05) is 13.2 Å². The van der Waals surface area contributed by atoms with Crippen molar-refractivity contribution in [3.8, 4) is 0 Å². The second-order valence-corrected chi connectivity index (χ2v) is 12.6. The zero-order valence-electron chi connectivity index (χ0n) is 19.7. The Kier molecular flexibility index (Phi) is 11.9. The van der Waals surface area contributed by atoms with Crippen molar-refractivity contribution >= 4 is 25.4 Å². The molecule has 0 spiro atoms. The molecule has 1 aromatic rings. The first-order valence-electron chi connectivity index (χ1n) is 11.3. The van der Waals surface area contributed by atoms with Crippen LogP contribution in [-0.2, 0) is 9.53 Å². The summed E-state index contributed by atoms with van der Waals surface area (Å²) in [4.78, 5) is 12.6. The number of hydrogen-bond acceptors (Lipinski definition) is 4. The first-order valence-corrected chi connectivity index (χ1v) is 13.2. The average molecular weight is 944 g/mol. The number of aliphatic hydroxyl groups is 2. The number of rotatable bonds is 6. The van der Waals surface area contributed by atoms with Crippen LogP contribution < -0.4 is 4.46 Å². The predicted molar refractivity (Wildman–Crippen MR) is 123 cm³/mol. The smallest absolute Gasteiger partial charge is 0 e. The third-order valence-electron chi connectivity index (χ3n) is 8.27. The first kappa shape index (κ1) is 30.7. The second kappa shape index (κ2) is 12.8. The van der Waals surface area contributed by atoms with Gasteiger partial charge in [-0.15, -0.1) is 0 Å². The standard InChI is InChI=1S/C26H34O4Se.2Ac/c1-17-9-10-22-25(2,13-11-23(28)26(22,3)16-27)20(17)15-21(19-12-14-30-24(19)29)31-18-7-5-4-6-8-18;;/h4-8,12,20-23,27-28H,1,9-11,13-16H2,2-3H3;;/t20-,21?,22?,23?,25+,26-;;/m0../s1. The van der Waals surface area contributed by atoms with E-state index in [1.165, 1.54) is 10.0 Å². The van der Waals surface area contributed by atoms with Crippen LogP contribution in [0.1, 0.15) is 46.0 Å². The van der Waals surface area contributed by atoms with Gasteiger partial charge in [-0.3, -0.25) is 0 Å². The molecular formula is C26H34Ac2O4Se. The molecule has 6 atom stereocenters. The predicted octanol–water partition coefficient (Wildman–Crippen LogP) is 3.42. The van der Waals surface area contributed by atoms with Gasteiger partial charge in [-0.2, -0.15) is 0 Å². The van der Waals surface area contributed by atoms with E-state index in [4.69, 9.17) is 4.74 Å². The largest absolute Gasteiger partial charge is 0 e. The monoisotopic (exact) mass is 944 g/mol. The number of ether oxygens (including phenoxy) is 1. The maximum Gasteiger partial charge on any atom is 0 e. The quantitative estimate of drug-likeness (QED) is 0.261. The number of benzene rings is 1. The van der Waals surface area contributed by atoms with Crippen molar-refractivity contribution in [1.29, 1.82) is 0 Å². The van der Waals surface area contributed by atoms with E-state index >= 15 is 0 Å². The van der Waals surface area contributed by atoms with E-state index < -0.39 is 11.5 Å². The second-order valence-electron chi connectivity index (χ2n) is 9.94. The Hall–Kier alpha value is 1.49. The Morgan fingerprint density at radius 2 is 1.91 bits per heavy atom. The summed E-state index contributed by atoms with van der Waals surface area (Å²) in [7, 11) is 0. The summed E-state index contributed by atoms with van der Waals surface area (Å²) >= 11 is 0.106. The fourth-order valence-corrected chi connectivity index (χ4v) is 9.01. The Bertz CT molecular complexity index is 876. The van der Waals surface area contributed by atoms with Crippen molar-refractivity contribution < 1.29 is 108 Å². The van der Waals surface area contributed by atoms with E-state index in [1.807, 2.05) is 19.1 Å². The van der Waals surface area contributed by atoms with Crippen LogP contribution in [0.4, 0.5) is 0 Å². The van der Waals surface area contributed by atoms with Gasteiger partial charge in [-0.05, 0) is 0 Å². The minimum absolute atomic E-state index is 0. The maximum absolute atomic E-state index is 12.5. The van der Waals surface area contributed by atoms with Crippen LogP contribution in [0.3, 0.4) is 0 Å². The molecule has 0 amide bonds. The minimum Gasteiger partial charge on any atom is 0 e. The maximum atomic E-state index is 12.5. The summed E-state index contributed by atoms with van der Waals surface area (Å²) in [5.41, 5.74) is 1.55. The Morgan fingerprint density at radius 1 is 1.21 bits per heavy atom. The number of fused-ring (bicyclic) bond motifs is 1. The molecule has 3 aliphatic rings. The summed E-state index contributed by atoms with van der Waals surface area (Å²) in [6.07, 6.45) is 5.87. The van der Waals surface area contributed by atoms with E-state index in [2.05, 4.69) is 37.8 Å². The van der Waals surface area contributed by atoms with Gasteiger partial charge < -0.3 is 0 Å². The van der Waals surface area contributed by atoms with E-state index in [9.17, 15) is 15.0 Å². The molecule has 0 bridgehead atoms. The van der Waals surface area contributed by atoms with Gasteiger partial charge >= 0.3 is 192 Å². The van der Waals surface area contributed by atoms with Gasteiger partial charge in [0.25, 0.3) is 0 Å². The van der Waals surface area contributed by atoms with Gasteiger partial charge in [-0.25, -0.2) is 0 Å². The summed E-state index contributed by atoms with van der Waals surface area (Å²) in [6.45, 7) is 9.23. The molecule has 174 valence electrons. The molecule has 4 rings (SSSR count). The zero-order chi connectivity index (χ0) is 22.2. The molecule has 1 heterocycles. The van der Waals surface area contributed by atoms with E-state index in [0.717, 1.165) is 31.3 Å². The van der Waals surface area contributed by atoms with Gasteiger partial charge in [0.15, 0.2) is 0 Å². The SMILES string of the molecule is C=C1CCC2[C@](C)(CO)C(O)CC[C@]2(C)[C@H]1CC([Se]c1ccccc1)C1=CCOC1=O.[Ac].[Ac]. The molecule has 0 saturated heterocycles. The number of hydrogen-bond donors (Lipinski definition) is 2. The van der Waals surface area contributed by atoms with E-state index in [-0.39, 0.29) is 138 Å². The van der Waals surface area contributed by atoms with Gasteiger partial charge in [-0.1, -0.05) is 0 Å². The molecule has 2 N–H and O–H groups in total. The Morgan fingerprint density at radius 3 is 2.52 bits per heavy atom. The van der Waals surface area contributed by atoms with Crippen LogP contribution in [0.5, 0.6) is 0 Å². The zero-order valence-corrected chi connectivity index (χ0v) is 30.9. The van der Waals surface area contributed by atoms with Crippen LogP contribution in [-0.4, -0.2) is 50.5 Å². The molecule has 0 aromatic heterocycles. The molecule has 1 aromatic carbocycles. The van der Waals surface area contributed by atoms with E-state index in [1.54, 1.807) is 0 Å². The topological polar surface area (TPSA) is 66.8 Å². The average Bonchev–Trinajstić information content (AvgIpc) is 3.19. The third-order valence-corrected chi connectivity index (χ3v) is 10.9.